The summed E-state index contributed by atoms with van der Waals surface area (Å²) in [5.41, 5.74) is 5.07. The number of ether oxygens (including phenoxy) is 2. The highest BCUT2D eigenvalue weighted by Gasteiger charge is 2.44. The molecule has 25 heteroatoms. The molecule has 4 aliphatic rings. The summed E-state index contributed by atoms with van der Waals surface area (Å²) in [6.07, 6.45) is -2.61. The number of halogens is 9. The molecule has 0 bridgehead atoms. The van der Waals surface area contributed by atoms with Gasteiger partial charge in [0.15, 0.2) is 23.3 Å². The van der Waals surface area contributed by atoms with Gasteiger partial charge in [-0.25, -0.2) is 40.7 Å². The maximum absolute atomic E-state index is 14.2. The maximum atomic E-state index is 14.2. The van der Waals surface area contributed by atoms with Gasteiger partial charge >= 0.3 is 24.2 Å². The first-order chi connectivity index (χ1) is 32.5. The van der Waals surface area contributed by atoms with Gasteiger partial charge in [0, 0.05) is 88.4 Å². The van der Waals surface area contributed by atoms with E-state index >= 15 is 0 Å². The van der Waals surface area contributed by atoms with Gasteiger partial charge in [0.2, 0.25) is 11.8 Å². The zero-order valence-electron chi connectivity index (χ0n) is 38.9. The van der Waals surface area contributed by atoms with Crippen molar-refractivity contribution in [2.75, 3.05) is 53.4 Å². The molecule has 0 aromatic heterocycles. The molecule has 16 nitrogen and oxygen atoms in total. The number of rotatable bonds is 12. The SMILES string of the molecule is CN1C[C@@H]2CCN(C(=O)C[C@@H](Cc3cc(F)c(F)cc3F)NC(=O)OC(C)(C)C)[C@@H]2C1.CN1C[C@@H]2CCN(C(=O)C[C@H](N)Cc3cc(F)c(F)cc3F)[C@@H]2C1.O=C(O)C(F)(F)F.O=CO/C=C/C(=O)O. The van der Waals surface area contributed by atoms with Gasteiger partial charge in [0.05, 0.1) is 6.08 Å². The van der Waals surface area contributed by atoms with Gasteiger partial charge in [0.25, 0.3) is 6.47 Å². The zero-order chi connectivity index (χ0) is 52.8. The van der Waals surface area contributed by atoms with Crippen LogP contribution in [-0.4, -0.2) is 155 Å². The lowest BCUT2D eigenvalue weighted by Crippen LogP contribution is -2.46. The summed E-state index contributed by atoms with van der Waals surface area (Å²) in [6.45, 7) is 10.2. The Morgan fingerprint density at radius 2 is 1.16 bits per heavy atom. The van der Waals surface area contributed by atoms with Gasteiger partial charge < -0.3 is 50.3 Å². The summed E-state index contributed by atoms with van der Waals surface area (Å²) < 4.78 is 122. The number of fused-ring (bicyclic) bond motifs is 2. The number of hydrogen-bond donors (Lipinski definition) is 4. The highest BCUT2D eigenvalue weighted by atomic mass is 19.4. The number of nitrogens with two attached hydrogens (primary N) is 1. The van der Waals surface area contributed by atoms with Gasteiger partial charge in [-0.1, -0.05) is 0 Å². The van der Waals surface area contributed by atoms with Gasteiger partial charge in [-0.3, -0.25) is 14.4 Å². The molecule has 0 unspecified atom stereocenters. The van der Waals surface area contributed by atoms with Crippen LogP contribution >= 0.6 is 0 Å². The molecule has 0 radical (unpaired) electrons. The number of carboxylic acid groups (broad SMARTS) is 2. The lowest BCUT2D eigenvalue weighted by Gasteiger charge is -2.28. The van der Waals surface area contributed by atoms with E-state index in [0.29, 0.717) is 36.6 Å². The molecule has 6 rings (SSSR count). The Balaban J connectivity index is 0.000000292. The maximum Gasteiger partial charge on any atom is 0.490 e. The second-order valence-corrected chi connectivity index (χ2v) is 18.2. The van der Waals surface area contributed by atoms with Crippen LogP contribution in [0.3, 0.4) is 0 Å². The third kappa shape index (κ3) is 18.4. The van der Waals surface area contributed by atoms with Crippen molar-refractivity contribution < 1.29 is 88.0 Å². The van der Waals surface area contributed by atoms with Crippen LogP contribution in [-0.2, 0) is 46.3 Å². The zero-order valence-corrected chi connectivity index (χ0v) is 38.9. The van der Waals surface area contributed by atoms with Crippen LogP contribution in [0.5, 0.6) is 0 Å². The van der Waals surface area contributed by atoms with E-state index in [-0.39, 0.29) is 67.2 Å². The Labute approximate surface area is 397 Å². The third-order valence-corrected chi connectivity index (χ3v) is 11.4. The van der Waals surface area contributed by atoms with Crippen LogP contribution < -0.4 is 11.1 Å². The van der Waals surface area contributed by atoms with Gasteiger partial charge in [0.1, 0.15) is 23.5 Å². The van der Waals surface area contributed by atoms with E-state index in [4.69, 9.17) is 25.5 Å². The Morgan fingerprint density at radius 1 is 0.729 bits per heavy atom. The fourth-order valence-corrected chi connectivity index (χ4v) is 8.47. The van der Waals surface area contributed by atoms with Crippen LogP contribution in [0.25, 0.3) is 0 Å². The quantitative estimate of drug-likeness (QED) is 0.0726. The van der Waals surface area contributed by atoms with Gasteiger partial charge in [-0.05, 0) is 95.6 Å². The van der Waals surface area contributed by atoms with Crippen LogP contribution in [0.1, 0.15) is 57.6 Å². The highest BCUT2D eigenvalue weighted by molar-refractivity contribution is 5.80. The van der Waals surface area contributed by atoms with Crippen molar-refractivity contribution in [1.82, 2.24) is 24.9 Å². The number of carbonyl (C=O) groups is 6. The number of amides is 3. The Bertz CT molecular complexity index is 2200. The largest absolute Gasteiger partial charge is 0.490 e. The molecule has 4 fully saturated rings. The van der Waals surface area contributed by atoms with Crippen LogP contribution in [0.15, 0.2) is 36.6 Å². The van der Waals surface area contributed by atoms with E-state index in [0.717, 1.165) is 64.0 Å². The number of nitrogens with one attached hydrogen (secondary N) is 1. The van der Waals surface area contributed by atoms with Crippen LogP contribution in [0, 0.1) is 46.7 Å². The molecule has 4 saturated heterocycles. The second kappa shape index (κ2) is 25.8. The number of carbonyl (C=O) groups excluding carboxylic acids is 4. The lowest BCUT2D eigenvalue weighted by molar-refractivity contribution is -0.192. The Kier molecular flexibility index (Phi) is 21.5. The number of carboxylic acids is 2. The van der Waals surface area contributed by atoms with E-state index in [1.165, 1.54) is 0 Å². The van der Waals surface area contributed by atoms with E-state index in [9.17, 15) is 63.5 Å². The molecule has 0 aliphatic carbocycles. The highest BCUT2D eigenvalue weighted by Crippen LogP contribution is 2.33. The summed E-state index contributed by atoms with van der Waals surface area (Å²) in [5, 5.41) is 17.6. The Hall–Kier alpha value is -5.95. The van der Waals surface area contributed by atoms with Crippen LogP contribution in [0.4, 0.5) is 44.3 Å². The summed E-state index contributed by atoms with van der Waals surface area (Å²) >= 11 is 0. The first-order valence-electron chi connectivity index (χ1n) is 21.8. The molecule has 4 aliphatic heterocycles. The second-order valence-electron chi connectivity index (χ2n) is 18.2. The molecule has 3 amide bonds. The fraction of sp³-hybridized carbons (Fsp3) is 0.556. The topological polar surface area (TPSA) is 212 Å². The fourth-order valence-electron chi connectivity index (χ4n) is 8.47. The predicted molar refractivity (Wildman–Crippen MR) is 230 cm³/mol. The van der Waals surface area contributed by atoms with Crippen molar-refractivity contribution in [3.63, 3.8) is 0 Å². The normalized spacial score (nSPS) is 20.7. The molecule has 0 spiro atoms. The standard InChI is InChI=1S/C22H30F3N3O3.C17H22F3N3O.C4H4O4.C2HF3O2/c1-22(2,3)31-21(30)26-15(7-14-8-17(24)18(25)10-16(14)23)9-20(29)28-6-5-13-11-27(4)12-19(13)28;1-22-8-10-2-3-23(16(10)9-22)17(24)6-12(21)4-11-5-14(19)15(20)7-13(11)18;5-3-8-2-1-4(6)7;3-2(4,5)1(6)7/h8,10,13,15,19H,5-7,9,11-12H2,1-4H3,(H,26,30);5,7,10,12,16H,2-4,6,8-9,21H2,1H3;1-3H,(H,6,7);(H,6,7)/b;;2-1+;/t13-,15+,19+;10-,12+,16+;;/m00../s1. The molecule has 2 aromatic carbocycles. The van der Waals surface area contributed by atoms with E-state index in [1.807, 2.05) is 23.9 Å². The summed E-state index contributed by atoms with van der Waals surface area (Å²) in [6, 6.07) is 1.45. The number of alkyl halides is 3. The number of aliphatic carboxylic acids is 2. The minimum absolute atomic E-state index is 0.00336. The number of likely N-dealkylation sites (N-methyl/N-ethyl adjacent to an activating group) is 2. The summed E-state index contributed by atoms with van der Waals surface area (Å²) in [7, 11) is 4.05. The number of benzene rings is 2. The first kappa shape index (κ1) is 58.4. The van der Waals surface area contributed by atoms with Crippen molar-refractivity contribution in [2.24, 2.45) is 17.6 Å². The molecule has 0 saturated carbocycles. The minimum atomic E-state index is -5.08. The van der Waals surface area contributed by atoms with Crippen molar-refractivity contribution in [3.8, 4) is 0 Å². The summed E-state index contributed by atoms with van der Waals surface area (Å²) in [4.78, 5) is 73.8. The van der Waals surface area contributed by atoms with Gasteiger partial charge in [-0.2, -0.15) is 13.2 Å². The molecular formula is C45H57F9N6O10. The third-order valence-electron chi connectivity index (χ3n) is 11.4. The van der Waals surface area contributed by atoms with E-state index < -0.39 is 76.8 Å². The molecular weight excluding hydrogens is 956 g/mol. The number of alkyl carbamates (subject to hydrolysis) is 1. The lowest BCUT2D eigenvalue weighted by atomic mass is 10.0. The number of hydrogen-bond acceptors (Lipinski definition) is 11. The molecule has 70 heavy (non-hydrogen) atoms. The minimum Gasteiger partial charge on any atom is -0.478 e. The smallest absolute Gasteiger partial charge is 0.478 e. The average Bonchev–Trinajstić information content (AvgIpc) is 4.00. The first-order valence-corrected chi connectivity index (χ1v) is 21.8. The van der Waals surface area contributed by atoms with E-state index in [2.05, 4.69) is 19.9 Å². The molecule has 4 heterocycles. The predicted octanol–water partition coefficient (Wildman–Crippen LogP) is 5.01. The Morgan fingerprint density at radius 3 is 1.57 bits per heavy atom. The number of nitrogens with zero attached hydrogens (tertiary/aromatic N) is 4. The van der Waals surface area contributed by atoms with Crippen molar-refractivity contribution >= 4 is 36.3 Å². The van der Waals surface area contributed by atoms with E-state index in [1.54, 1.807) is 20.8 Å². The van der Waals surface area contributed by atoms with Crippen LogP contribution in [0.2, 0.25) is 0 Å². The van der Waals surface area contributed by atoms with Gasteiger partial charge in [-0.15, -0.1) is 0 Å². The monoisotopic (exact) mass is 1010 g/mol. The molecule has 5 N–H and O–H groups in total. The molecule has 2 aromatic rings. The summed E-state index contributed by atoms with van der Waals surface area (Å²) in [5.74, 6) is -9.75. The van der Waals surface area contributed by atoms with Crippen molar-refractivity contribution in [2.45, 2.75) is 95.2 Å². The average molecular weight is 1010 g/mol. The molecule has 390 valence electrons. The van der Waals surface area contributed by atoms with Crippen molar-refractivity contribution in [3.05, 3.63) is 82.6 Å². The van der Waals surface area contributed by atoms with Crippen molar-refractivity contribution in [1.29, 1.82) is 0 Å². The number of likely N-dealkylation sites (tertiary alicyclic amines) is 4. The molecule has 6 atom stereocenters.